The Labute approximate surface area is 189 Å². The zero-order valence-corrected chi connectivity index (χ0v) is 19.3. The molecule has 3 aromatic rings. The average Bonchev–Trinajstić information content (AvgIpc) is 3.13. The van der Waals surface area contributed by atoms with Crippen molar-refractivity contribution in [1.82, 2.24) is 19.4 Å². The summed E-state index contributed by atoms with van der Waals surface area (Å²) in [7, 11) is 0. The molecule has 0 aliphatic carbocycles. The standard InChI is InChI=1S/C22H25ClN4O3S/c1-5-9-26(12-14-7-8-17(23)31-14)21(29)15-11-16(13(3)4)24-19-18(15)20(28)25-22(30)27(19)10-6-2/h5,7-8,11,13H,1,6,9-10,12H2,2-4H3,(H,25,28,30). The molecule has 1 N–H and O–H groups in total. The van der Waals surface area contributed by atoms with E-state index in [4.69, 9.17) is 11.6 Å². The van der Waals surface area contributed by atoms with Crippen molar-refractivity contribution >= 4 is 39.9 Å². The predicted molar refractivity (Wildman–Crippen MR) is 125 cm³/mol. The molecule has 0 radical (unpaired) electrons. The second kappa shape index (κ2) is 9.62. The molecule has 164 valence electrons. The van der Waals surface area contributed by atoms with Crippen molar-refractivity contribution in [1.29, 1.82) is 0 Å². The number of H-pyrrole nitrogens is 1. The minimum atomic E-state index is -0.615. The first-order valence-electron chi connectivity index (χ1n) is 10.1. The minimum Gasteiger partial charge on any atom is -0.330 e. The van der Waals surface area contributed by atoms with Crippen LogP contribution in [0.2, 0.25) is 4.34 Å². The van der Waals surface area contributed by atoms with Gasteiger partial charge in [0.2, 0.25) is 0 Å². The zero-order valence-electron chi connectivity index (χ0n) is 17.8. The SMILES string of the molecule is C=CCN(Cc1ccc(Cl)s1)C(=O)c1cc(C(C)C)nc2c1c(=O)[nH]c(=O)n2CCC. The second-order valence-corrected chi connectivity index (χ2v) is 9.34. The van der Waals surface area contributed by atoms with Gasteiger partial charge in [0.05, 0.1) is 21.8 Å². The lowest BCUT2D eigenvalue weighted by Crippen LogP contribution is -2.35. The van der Waals surface area contributed by atoms with E-state index in [9.17, 15) is 14.4 Å². The highest BCUT2D eigenvalue weighted by molar-refractivity contribution is 7.16. The van der Waals surface area contributed by atoms with Crippen LogP contribution in [0.3, 0.4) is 0 Å². The number of amides is 1. The molecular weight excluding hydrogens is 436 g/mol. The molecular formula is C22H25ClN4O3S. The molecule has 31 heavy (non-hydrogen) atoms. The molecule has 1 amide bonds. The van der Waals surface area contributed by atoms with Crippen molar-refractivity contribution in [2.24, 2.45) is 0 Å². The number of thiophene rings is 1. The van der Waals surface area contributed by atoms with Gasteiger partial charge in [0.25, 0.3) is 11.5 Å². The summed E-state index contributed by atoms with van der Waals surface area (Å²) in [5.41, 5.74) is -0.0332. The summed E-state index contributed by atoms with van der Waals surface area (Å²) in [5.74, 6) is -0.324. The van der Waals surface area contributed by atoms with Crippen molar-refractivity contribution in [3.8, 4) is 0 Å². The smallest absolute Gasteiger partial charge is 0.329 e. The van der Waals surface area contributed by atoms with Crippen molar-refractivity contribution in [2.45, 2.75) is 46.2 Å². The summed E-state index contributed by atoms with van der Waals surface area (Å²) >= 11 is 7.43. The Bertz CT molecular complexity index is 1240. The van der Waals surface area contributed by atoms with Crippen molar-refractivity contribution in [3.63, 3.8) is 0 Å². The highest BCUT2D eigenvalue weighted by Gasteiger charge is 2.24. The third-order valence-electron chi connectivity index (χ3n) is 4.85. The Balaban J connectivity index is 2.23. The molecule has 0 saturated carbocycles. The van der Waals surface area contributed by atoms with Crippen molar-refractivity contribution in [3.05, 3.63) is 72.2 Å². The number of fused-ring (bicyclic) bond motifs is 1. The Kier molecular flexibility index (Phi) is 7.12. The molecule has 0 saturated heterocycles. The summed E-state index contributed by atoms with van der Waals surface area (Å²) in [6, 6.07) is 5.31. The van der Waals surface area contributed by atoms with Crippen LogP contribution in [-0.2, 0) is 13.1 Å². The van der Waals surface area contributed by atoms with E-state index in [0.717, 1.165) is 4.88 Å². The van der Waals surface area contributed by atoms with E-state index >= 15 is 0 Å². The van der Waals surface area contributed by atoms with Crippen molar-refractivity contribution in [2.75, 3.05) is 6.54 Å². The van der Waals surface area contributed by atoms with Gasteiger partial charge in [-0.1, -0.05) is 38.4 Å². The van der Waals surface area contributed by atoms with E-state index in [1.54, 1.807) is 23.1 Å². The van der Waals surface area contributed by atoms with Crippen LogP contribution in [0.25, 0.3) is 11.0 Å². The summed E-state index contributed by atoms with van der Waals surface area (Å²) in [4.78, 5) is 48.3. The molecule has 0 atom stereocenters. The van der Waals surface area contributed by atoms with Crippen LogP contribution in [0, 0.1) is 0 Å². The molecule has 0 aliphatic rings. The monoisotopic (exact) mass is 460 g/mol. The first-order valence-corrected chi connectivity index (χ1v) is 11.3. The Hall–Kier alpha value is -2.71. The lowest BCUT2D eigenvalue weighted by Gasteiger charge is -2.22. The fourth-order valence-electron chi connectivity index (χ4n) is 3.36. The molecule has 3 rings (SSSR count). The van der Waals surface area contributed by atoms with E-state index in [1.807, 2.05) is 26.8 Å². The largest absolute Gasteiger partial charge is 0.330 e. The predicted octanol–water partition coefficient (Wildman–Crippen LogP) is 4.16. The molecule has 3 heterocycles. The third-order valence-corrected chi connectivity index (χ3v) is 6.07. The molecule has 0 aliphatic heterocycles. The number of aryl methyl sites for hydroxylation is 1. The quantitative estimate of drug-likeness (QED) is 0.511. The van der Waals surface area contributed by atoms with E-state index in [0.29, 0.717) is 36.1 Å². The fourth-order valence-corrected chi connectivity index (χ4v) is 4.46. The summed E-state index contributed by atoms with van der Waals surface area (Å²) < 4.78 is 2.06. The Morgan fingerprint density at radius 3 is 2.71 bits per heavy atom. The number of nitrogens with one attached hydrogen (secondary N) is 1. The lowest BCUT2D eigenvalue weighted by atomic mass is 10.0. The van der Waals surface area contributed by atoms with Crippen LogP contribution in [0.4, 0.5) is 0 Å². The van der Waals surface area contributed by atoms with Crippen LogP contribution in [0.15, 0.2) is 40.4 Å². The zero-order chi connectivity index (χ0) is 22.7. The number of aromatic nitrogens is 3. The van der Waals surface area contributed by atoms with Crippen LogP contribution >= 0.6 is 22.9 Å². The number of pyridine rings is 1. The number of hydrogen-bond acceptors (Lipinski definition) is 5. The average molecular weight is 461 g/mol. The topological polar surface area (TPSA) is 88.1 Å². The molecule has 0 aromatic carbocycles. The van der Waals surface area contributed by atoms with Crippen molar-refractivity contribution < 1.29 is 4.79 Å². The number of halogens is 1. The van der Waals surface area contributed by atoms with Crippen LogP contribution in [-0.4, -0.2) is 31.9 Å². The summed E-state index contributed by atoms with van der Waals surface area (Å²) in [6.07, 6.45) is 2.32. The minimum absolute atomic E-state index is 0.00405. The van der Waals surface area contributed by atoms with Gasteiger partial charge in [0.1, 0.15) is 0 Å². The van der Waals surface area contributed by atoms with E-state index in [-0.39, 0.29) is 28.4 Å². The fraction of sp³-hybridized carbons (Fsp3) is 0.364. The number of rotatable bonds is 8. The lowest BCUT2D eigenvalue weighted by molar-refractivity contribution is 0.0766. The van der Waals surface area contributed by atoms with Gasteiger partial charge >= 0.3 is 5.69 Å². The molecule has 0 bridgehead atoms. The normalized spacial score (nSPS) is 11.3. The van der Waals surface area contributed by atoms with Gasteiger partial charge in [0, 0.05) is 23.7 Å². The Morgan fingerprint density at radius 1 is 1.39 bits per heavy atom. The highest BCUT2D eigenvalue weighted by Crippen LogP contribution is 2.25. The molecule has 3 aromatic heterocycles. The number of nitrogens with zero attached hydrogens (tertiary/aromatic N) is 3. The number of carbonyl (C=O) groups is 1. The summed E-state index contributed by atoms with van der Waals surface area (Å²) in [5, 5.41) is 0.126. The van der Waals surface area contributed by atoms with Gasteiger partial charge < -0.3 is 4.90 Å². The van der Waals surface area contributed by atoms with Crippen LogP contribution in [0.1, 0.15) is 54.0 Å². The van der Waals surface area contributed by atoms with E-state index < -0.39 is 11.2 Å². The Morgan fingerprint density at radius 2 is 2.13 bits per heavy atom. The summed E-state index contributed by atoms with van der Waals surface area (Å²) in [6.45, 7) is 10.6. The maximum Gasteiger partial charge on any atom is 0.329 e. The molecule has 0 fully saturated rings. The van der Waals surface area contributed by atoms with Crippen LogP contribution < -0.4 is 11.2 Å². The van der Waals surface area contributed by atoms with Crippen LogP contribution in [0.5, 0.6) is 0 Å². The van der Waals surface area contributed by atoms with Gasteiger partial charge in [-0.15, -0.1) is 17.9 Å². The first kappa shape index (κ1) is 23.0. The van der Waals surface area contributed by atoms with Gasteiger partial charge in [0.15, 0.2) is 5.65 Å². The van der Waals surface area contributed by atoms with Gasteiger partial charge in [-0.3, -0.25) is 19.1 Å². The van der Waals surface area contributed by atoms with Gasteiger partial charge in [-0.05, 0) is 30.5 Å². The molecule has 7 nitrogen and oxygen atoms in total. The molecule has 0 spiro atoms. The third kappa shape index (κ3) is 4.80. The van der Waals surface area contributed by atoms with E-state index in [1.165, 1.54) is 15.9 Å². The number of aromatic amines is 1. The van der Waals surface area contributed by atoms with Gasteiger partial charge in [-0.25, -0.2) is 9.78 Å². The first-order chi connectivity index (χ1) is 14.8. The highest BCUT2D eigenvalue weighted by atomic mass is 35.5. The molecule has 9 heteroatoms. The number of carbonyl (C=O) groups excluding carboxylic acids is 1. The maximum absolute atomic E-state index is 13.6. The number of hydrogen-bond donors (Lipinski definition) is 1. The second-order valence-electron chi connectivity index (χ2n) is 7.54. The van der Waals surface area contributed by atoms with E-state index in [2.05, 4.69) is 16.5 Å². The maximum atomic E-state index is 13.6. The molecule has 0 unspecified atom stereocenters. The van der Waals surface area contributed by atoms with Gasteiger partial charge in [-0.2, -0.15) is 0 Å².